The van der Waals surface area contributed by atoms with Crippen LogP contribution in [0.5, 0.6) is 0 Å². The number of halogens is 3. The van der Waals surface area contributed by atoms with E-state index in [4.69, 9.17) is 4.42 Å². The fraction of sp³-hybridized carbons (Fsp3) is 0.176. The predicted octanol–water partition coefficient (Wildman–Crippen LogP) is 3.49. The van der Waals surface area contributed by atoms with Gasteiger partial charge in [0.05, 0.1) is 19.4 Å². The molecule has 138 valence electrons. The highest BCUT2D eigenvalue weighted by molar-refractivity contribution is 5.82. The summed E-state index contributed by atoms with van der Waals surface area (Å²) in [6, 6.07) is 12.6. The van der Waals surface area contributed by atoms with Gasteiger partial charge in [-0.2, -0.15) is 13.2 Å². The molecule has 0 fully saturated rings. The molecule has 0 aliphatic rings. The van der Waals surface area contributed by atoms with Gasteiger partial charge in [-0.1, -0.05) is 35.5 Å². The molecule has 3 aromatic heterocycles. The van der Waals surface area contributed by atoms with Crippen molar-refractivity contribution in [3.8, 4) is 0 Å². The van der Waals surface area contributed by atoms with E-state index in [1.807, 2.05) is 30.3 Å². The monoisotopic (exact) mass is 374 g/mol. The zero-order valence-electron chi connectivity index (χ0n) is 13.8. The van der Waals surface area contributed by atoms with Crippen molar-refractivity contribution in [2.24, 2.45) is 0 Å². The number of hydrogen-bond acceptors (Lipinski definition) is 6. The minimum Gasteiger partial charge on any atom is -0.467 e. The molecule has 0 aliphatic carbocycles. The Labute approximate surface area is 150 Å². The van der Waals surface area contributed by atoms with Crippen LogP contribution in [0, 0.1) is 0 Å². The SMILES string of the molecule is FC(F)(F)c1nc(NCc2ccco2)c2nnn(Cc3ccccc3)c2n1. The van der Waals surface area contributed by atoms with Crippen LogP contribution in [0.3, 0.4) is 0 Å². The van der Waals surface area contributed by atoms with Crippen molar-refractivity contribution in [2.45, 2.75) is 19.3 Å². The highest BCUT2D eigenvalue weighted by Crippen LogP contribution is 2.30. The average molecular weight is 374 g/mol. The van der Waals surface area contributed by atoms with Crippen LogP contribution in [0.15, 0.2) is 53.1 Å². The van der Waals surface area contributed by atoms with Gasteiger partial charge >= 0.3 is 6.18 Å². The Hall–Kier alpha value is -3.43. The Bertz CT molecular complexity index is 1040. The van der Waals surface area contributed by atoms with Gasteiger partial charge in [0, 0.05) is 0 Å². The first-order valence-electron chi connectivity index (χ1n) is 7.99. The first-order valence-corrected chi connectivity index (χ1v) is 7.99. The van der Waals surface area contributed by atoms with Crippen molar-refractivity contribution in [1.29, 1.82) is 0 Å². The van der Waals surface area contributed by atoms with Gasteiger partial charge in [-0.25, -0.2) is 14.6 Å². The van der Waals surface area contributed by atoms with E-state index in [1.165, 1.54) is 10.9 Å². The molecule has 7 nitrogen and oxygen atoms in total. The lowest BCUT2D eigenvalue weighted by Crippen LogP contribution is -2.14. The fourth-order valence-electron chi connectivity index (χ4n) is 2.55. The van der Waals surface area contributed by atoms with Crippen molar-refractivity contribution >= 4 is 17.0 Å². The molecule has 0 unspecified atom stereocenters. The second kappa shape index (κ2) is 6.71. The first-order chi connectivity index (χ1) is 13.0. The molecule has 0 amide bonds. The number of nitrogens with zero attached hydrogens (tertiary/aromatic N) is 5. The molecule has 1 aromatic carbocycles. The third kappa shape index (κ3) is 3.59. The molecule has 0 bridgehead atoms. The maximum atomic E-state index is 13.3. The second-order valence-corrected chi connectivity index (χ2v) is 5.73. The largest absolute Gasteiger partial charge is 0.467 e. The van der Waals surface area contributed by atoms with Crippen LogP contribution >= 0.6 is 0 Å². The molecule has 3 heterocycles. The van der Waals surface area contributed by atoms with Gasteiger partial charge in [-0.05, 0) is 17.7 Å². The van der Waals surface area contributed by atoms with E-state index in [0.717, 1.165) is 5.56 Å². The topological polar surface area (TPSA) is 81.7 Å². The molecule has 0 saturated heterocycles. The van der Waals surface area contributed by atoms with E-state index in [-0.39, 0.29) is 30.1 Å². The van der Waals surface area contributed by atoms with E-state index in [1.54, 1.807) is 12.1 Å². The summed E-state index contributed by atoms with van der Waals surface area (Å²) in [7, 11) is 0. The van der Waals surface area contributed by atoms with E-state index < -0.39 is 12.0 Å². The summed E-state index contributed by atoms with van der Waals surface area (Å²) in [6.45, 7) is 0.394. The normalized spacial score (nSPS) is 11.8. The first kappa shape index (κ1) is 17.0. The molecule has 4 aromatic rings. The quantitative estimate of drug-likeness (QED) is 0.576. The molecule has 0 radical (unpaired) electrons. The number of nitrogens with one attached hydrogen (secondary N) is 1. The van der Waals surface area contributed by atoms with Crippen molar-refractivity contribution in [3.05, 3.63) is 65.9 Å². The maximum Gasteiger partial charge on any atom is 0.451 e. The minimum absolute atomic E-state index is 0.00289. The number of anilines is 1. The van der Waals surface area contributed by atoms with Gasteiger partial charge in [0.15, 0.2) is 17.0 Å². The lowest BCUT2D eigenvalue weighted by atomic mass is 10.2. The van der Waals surface area contributed by atoms with Gasteiger partial charge in [0.25, 0.3) is 0 Å². The molecule has 0 atom stereocenters. The van der Waals surface area contributed by atoms with Gasteiger partial charge < -0.3 is 9.73 Å². The summed E-state index contributed by atoms with van der Waals surface area (Å²) in [5, 5.41) is 10.7. The highest BCUT2D eigenvalue weighted by atomic mass is 19.4. The predicted molar refractivity (Wildman–Crippen MR) is 89.7 cm³/mol. The van der Waals surface area contributed by atoms with E-state index >= 15 is 0 Å². The molecule has 0 spiro atoms. The summed E-state index contributed by atoms with van der Waals surface area (Å²) >= 11 is 0. The standard InChI is InChI=1S/C17H13F3N6O/c18-17(19,20)16-22-14(21-9-12-7-4-8-27-12)13-15(23-16)26(25-24-13)10-11-5-2-1-3-6-11/h1-8H,9-10H2,(H,21,22,23). The Balaban J connectivity index is 1.74. The lowest BCUT2D eigenvalue weighted by molar-refractivity contribution is -0.144. The average Bonchev–Trinajstić information content (AvgIpc) is 3.30. The molecule has 10 heteroatoms. The number of aromatic nitrogens is 5. The van der Waals surface area contributed by atoms with Crippen LogP contribution in [-0.2, 0) is 19.3 Å². The number of furan rings is 1. The smallest absolute Gasteiger partial charge is 0.451 e. The molecular formula is C17H13F3N6O. The van der Waals surface area contributed by atoms with Crippen molar-refractivity contribution in [2.75, 3.05) is 5.32 Å². The maximum absolute atomic E-state index is 13.3. The molecule has 27 heavy (non-hydrogen) atoms. The number of hydrogen-bond donors (Lipinski definition) is 1. The summed E-state index contributed by atoms with van der Waals surface area (Å²) < 4.78 is 46.3. The minimum atomic E-state index is -4.70. The molecular weight excluding hydrogens is 361 g/mol. The Morgan fingerprint density at radius 3 is 2.56 bits per heavy atom. The Morgan fingerprint density at radius 1 is 1.04 bits per heavy atom. The number of rotatable bonds is 5. The number of benzene rings is 1. The summed E-state index contributed by atoms with van der Waals surface area (Å²) in [5.41, 5.74) is 1.02. The summed E-state index contributed by atoms with van der Waals surface area (Å²) in [6.07, 6.45) is -3.22. The summed E-state index contributed by atoms with van der Waals surface area (Å²) in [4.78, 5) is 7.23. The number of alkyl halides is 3. The van der Waals surface area contributed by atoms with Crippen molar-refractivity contribution in [1.82, 2.24) is 25.0 Å². The van der Waals surface area contributed by atoms with E-state index in [9.17, 15) is 13.2 Å². The van der Waals surface area contributed by atoms with Crippen LogP contribution in [0.4, 0.5) is 19.0 Å². The zero-order chi connectivity index (χ0) is 18.9. The molecule has 4 rings (SSSR count). The van der Waals surface area contributed by atoms with Crippen LogP contribution in [0.1, 0.15) is 17.1 Å². The van der Waals surface area contributed by atoms with Gasteiger partial charge in [0.1, 0.15) is 5.76 Å². The Kier molecular flexibility index (Phi) is 4.22. The second-order valence-electron chi connectivity index (χ2n) is 5.73. The Morgan fingerprint density at radius 2 is 1.85 bits per heavy atom. The third-order valence-corrected chi connectivity index (χ3v) is 3.80. The third-order valence-electron chi connectivity index (χ3n) is 3.80. The van der Waals surface area contributed by atoms with Gasteiger partial charge in [-0.15, -0.1) is 5.10 Å². The fourth-order valence-corrected chi connectivity index (χ4v) is 2.55. The molecule has 0 saturated carbocycles. The lowest BCUT2D eigenvalue weighted by Gasteiger charge is -2.10. The molecule has 0 aliphatic heterocycles. The van der Waals surface area contributed by atoms with Crippen molar-refractivity contribution in [3.63, 3.8) is 0 Å². The van der Waals surface area contributed by atoms with Gasteiger partial charge in [-0.3, -0.25) is 0 Å². The summed E-state index contributed by atoms with van der Waals surface area (Å²) in [5.74, 6) is -0.761. The molecule has 1 N–H and O–H groups in total. The van der Waals surface area contributed by atoms with Crippen LogP contribution in [0.25, 0.3) is 11.2 Å². The highest BCUT2D eigenvalue weighted by Gasteiger charge is 2.36. The number of fused-ring (bicyclic) bond motifs is 1. The van der Waals surface area contributed by atoms with E-state index in [2.05, 4.69) is 25.6 Å². The van der Waals surface area contributed by atoms with Crippen molar-refractivity contribution < 1.29 is 17.6 Å². The van der Waals surface area contributed by atoms with Crippen LogP contribution < -0.4 is 5.32 Å². The zero-order valence-corrected chi connectivity index (χ0v) is 13.8. The van der Waals surface area contributed by atoms with E-state index in [0.29, 0.717) is 5.76 Å². The van der Waals surface area contributed by atoms with Crippen LogP contribution in [-0.4, -0.2) is 25.0 Å². The van der Waals surface area contributed by atoms with Gasteiger partial charge in [0.2, 0.25) is 5.82 Å². The van der Waals surface area contributed by atoms with Crippen LogP contribution in [0.2, 0.25) is 0 Å².